The van der Waals surface area contributed by atoms with Crippen LogP contribution in [0.5, 0.6) is 0 Å². The molecule has 0 saturated heterocycles. The topological polar surface area (TPSA) is 64.4 Å². The zero-order valence-corrected chi connectivity index (χ0v) is 16.9. The molecule has 1 aliphatic carbocycles. The van der Waals surface area contributed by atoms with Crippen LogP contribution in [0, 0.1) is 16.0 Å². The van der Waals surface area contributed by atoms with Gasteiger partial charge in [-0.15, -0.1) is 5.43 Å². The fourth-order valence-electron chi connectivity index (χ4n) is 4.09. The highest BCUT2D eigenvalue weighted by Gasteiger charge is 2.26. The van der Waals surface area contributed by atoms with E-state index >= 15 is 0 Å². The number of benzene rings is 1. The largest absolute Gasteiger partial charge is 0.378 e. The Labute approximate surface area is 164 Å². The molecular weight excluding hydrogens is 340 g/mol. The van der Waals surface area contributed by atoms with Crippen molar-refractivity contribution in [1.82, 2.24) is 5.43 Å². The van der Waals surface area contributed by atoms with Crippen molar-refractivity contribution >= 4 is 0 Å². The van der Waals surface area contributed by atoms with Gasteiger partial charge in [0.2, 0.25) is 0 Å². The van der Waals surface area contributed by atoms with Crippen molar-refractivity contribution in [3.8, 4) is 0 Å². The lowest BCUT2D eigenvalue weighted by Crippen LogP contribution is -2.41. The summed E-state index contributed by atoms with van der Waals surface area (Å²) in [5.74, 6) is 0.787. The summed E-state index contributed by atoms with van der Waals surface area (Å²) in [7, 11) is 0. The summed E-state index contributed by atoms with van der Waals surface area (Å²) in [6.07, 6.45) is 10.2. The zero-order valence-electron chi connectivity index (χ0n) is 16.9. The zero-order chi connectivity index (χ0) is 19.5. The summed E-state index contributed by atoms with van der Waals surface area (Å²) in [6.45, 7) is 4.84. The monoisotopic (exact) mass is 376 g/mol. The van der Waals surface area contributed by atoms with E-state index in [0.717, 1.165) is 44.9 Å². The first-order valence-corrected chi connectivity index (χ1v) is 10.7. The highest BCUT2D eigenvalue weighted by atomic mass is 16.7. The van der Waals surface area contributed by atoms with E-state index in [1.807, 2.05) is 0 Å². The van der Waals surface area contributed by atoms with Crippen molar-refractivity contribution in [3.63, 3.8) is 0 Å². The molecular formula is C22H36N2O3. The summed E-state index contributed by atoms with van der Waals surface area (Å²) in [5, 5.41) is 10.5. The first kappa shape index (κ1) is 21.7. The molecule has 1 N–H and O–H groups in total. The number of ether oxygens (including phenoxy) is 1. The predicted octanol–water partition coefficient (Wildman–Crippen LogP) is 5.49. The molecule has 0 aromatic heterocycles. The van der Waals surface area contributed by atoms with Gasteiger partial charge < -0.3 is 4.74 Å². The van der Waals surface area contributed by atoms with E-state index in [4.69, 9.17) is 4.74 Å². The van der Waals surface area contributed by atoms with Crippen molar-refractivity contribution in [2.75, 3.05) is 6.61 Å². The van der Waals surface area contributed by atoms with E-state index in [1.54, 1.807) is 0 Å². The lowest BCUT2D eigenvalue weighted by molar-refractivity contribution is -0.553. The van der Waals surface area contributed by atoms with Gasteiger partial charge >= 0.3 is 0 Å². The highest BCUT2D eigenvalue weighted by Crippen LogP contribution is 2.34. The molecule has 2 rings (SSSR count). The molecule has 2 unspecified atom stereocenters. The summed E-state index contributed by atoms with van der Waals surface area (Å²) in [6, 6.07) is 10.6. The minimum Gasteiger partial charge on any atom is -0.378 e. The SMILES string of the molecule is CCCCCCC(N[N+](=O)[O-])C(C)COC1CCC(c2ccccc2)CC1. The maximum atomic E-state index is 10.9. The molecule has 0 spiro atoms. The molecule has 1 saturated carbocycles. The molecule has 152 valence electrons. The Morgan fingerprint density at radius 2 is 1.85 bits per heavy atom. The molecule has 0 radical (unpaired) electrons. The van der Waals surface area contributed by atoms with Gasteiger partial charge in [0.15, 0.2) is 5.03 Å². The lowest BCUT2D eigenvalue weighted by Gasteiger charge is -2.30. The Kier molecular flexibility index (Phi) is 9.60. The second-order valence-corrected chi connectivity index (χ2v) is 8.04. The second kappa shape index (κ2) is 12.0. The number of rotatable bonds is 12. The maximum absolute atomic E-state index is 10.9. The smallest absolute Gasteiger partial charge is 0.157 e. The summed E-state index contributed by atoms with van der Waals surface area (Å²) in [5.41, 5.74) is 3.95. The summed E-state index contributed by atoms with van der Waals surface area (Å²) in [4.78, 5) is 10.9. The van der Waals surface area contributed by atoms with Crippen LogP contribution in [0.1, 0.15) is 83.1 Å². The Hall–Kier alpha value is -1.62. The molecule has 5 nitrogen and oxygen atoms in total. The third-order valence-corrected chi connectivity index (χ3v) is 5.87. The van der Waals surface area contributed by atoms with Crippen LogP contribution in [0.15, 0.2) is 30.3 Å². The molecule has 1 aliphatic rings. The second-order valence-electron chi connectivity index (χ2n) is 8.04. The van der Waals surface area contributed by atoms with E-state index in [9.17, 15) is 10.1 Å². The molecule has 1 aromatic carbocycles. The van der Waals surface area contributed by atoms with Crippen molar-refractivity contribution in [2.45, 2.75) is 89.7 Å². The highest BCUT2D eigenvalue weighted by molar-refractivity contribution is 5.19. The molecule has 0 heterocycles. The van der Waals surface area contributed by atoms with Crippen molar-refractivity contribution in [3.05, 3.63) is 46.0 Å². The molecule has 5 heteroatoms. The van der Waals surface area contributed by atoms with E-state index in [2.05, 4.69) is 49.6 Å². The van der Waals surface area contributed by atoms with Gasteiger partial charge in [0.1, 0.15) is 0 Å². The van der Waals surface area contributed by atoms with Gasteiger partial charge in [0.25, 0.3) is 0 Å². The van der Waals surface area contributed by atoms with Crippen LogP contribution in [0.2, 0.25) is 0 Å². The average molecular weight is 377 g/mol. The van der Waals surface area contributed by atoms with Crippen LogP contribution in [0.4, 0.5) is 0 Å². The van der Waals surface area contributed by atoms with Crippen molar-refractivity contribution in [1.29, 1.82) is 0 Å². The number of hydrogen-bond donors (Lipinski definition) is 1. The number of nitrogens with one attached hydrogen (secondary N) is 1. The van der Waals surface area contributed by atoms with E-state index in [0.29, 0.717) is 18.6 Å². The maximum Gasteiger partial charge on any atom is 0.157 e. The van der Waals surface area contributed by atoms with Gasteiger partial charge in [0.05, 0.1) is 18.8 Å². The molecule has 1 aromatic rings. The van der Waals surface area contributed by atoms with Gasteiger partial charge in [0, 0.05) is 5.92 Å². The van der Waals surface area contributed by atoms with E-state index < -0.39 is 5.03 Å². The Morgan fingerprint density at radius 3 is 2.48 bits per heavy atom. The van der Waals surface area contributed by atoms with E-state index in [-0.39, 0.29) is 12.0 Å². The van der Waals surface area contributed by atoms with Gasteiger partial charge in [-0.1, -0.05) is 69.9 Å². The first-order valence-electron chi connectivity index (χ1n) is 10.7. The fraction of sp³-hybridized carbons (Fsp3) is 0.727. The number of hydrogen-bond acceptors (Lipinski definition) is 3. The molecule has 0 aliphatic heterocycles. The normalized spacial score (nSPS) is 22.1. The summed E-state index contributed by atoms with van der Waals surface area (Å²) < 4.78 is 6.16. The minimum absolute atomic E-state index is 0.113. The average Bonchev–Trinajstić information content (AvgIpc) is 2.69. The Morgan fingerprint density at radius 1 is 1.15 bits per heavy atom. The van der Waals surface area contributed by atoms with Gasteiger partial charge in [-0.3, -0.25) is 0 Å². The van der Waals surface area contributed by atoms with Crippen LogP contribution in [0.3, 0.4) is 0 Å². The number of hydrazine groups is 1. The standard InChI is InChI=1S/C22H36N2O3/c1-3-4-5-9-12-22(23-24(25)26)18(2)17-27-21-15-13-20(14-16-21)19-10-7-6-8-11-19/h6-8,10-11,18,20-23H,3-5,9,12-17H2,1-2H3. The van der Waals surface area contributed by atoms with Crippen LogP contribution in [0.25, 0.3) is 0 Å². The Bertz CT molecular complexity index is 530. The number of nitro groups is 1. The minimum atomic E-state index is -0.397. The fourth-order valence-corrected chi connectivity index (χ4v) is 4.09. The number of nitrogens with zero attached hydrogens (tertiary/aromatic N) is 1. The van der Waals surface area contributed by atoms with Crippen LogP contribution >= 0.6 is 0 Å². The molecule has 27 heavy (non-hydrogen) atoms. The van der Waals surface area contributed by atoms with E-state index in [1.165, 1.54) is 18.4 Å². The van der Waals surface area contributed by atoms with Crippen molar-refractivity contribution < 1.29 is 9.77 Å². The molecule has 2 atom stereocenters. The molecule has 0 amide bonds. The predicted molar refractivity (Wildman–Crippen MR) is 109 cm³/mol. The van der Waals surface area contributed by atoms with Gasteiger partial charge in [-0.2, -0.15) is 0 Å². The van der Waals surface area contributed by atoms with Crippen LogP contribution < -0.4 is 5.43 Å². The third-order valence-electron chi connectivity index (χ3n) is 5.87. The summed E-state index contributed by atoms with van der Waals surface area (Å²) >= 11 is 0. The van der Waals surface area contributed by atoms with Crippen molar-refractivity contribution in [2.24, 2.45) is 5.92 Å². The van der Waals surface area contributed by atoms with Gasteiger partial charge in [-0.25, -0.2) is 10.1 Å². The lowest BCUT2D eigenvalue weighted by atomic mass is 9.83. The molecule has 0 bridgehead atoms. The Balaban J connectivity index is 1.72. The quantitative estimate of drug-likeness (QED) is 0.298. The van der Waals surface area contributed by atoms with Crippen LogP contribution in [-0.4, -0.2) is 23.8 Å². The third kappa shape index (κ3) is 7.87. The molecule has 1 fully saturated rings. The first-order chi connectivity index (χ1) is 13.1. The van der Waals surface area contributed by atoms with Gasteiger partial charge in [-0.05, 0) is 43.6 Å². The number of unbranched alkanes of at least 4 members (excludes halogenated alkanes) is 3. The van der Waals surface area contributed by atoms with Crippen LogP contribution in [-0.2, 0) is 4.74 Å².